The highest BCUT2D eigenvalue weighted by atomic mass is 16.6. The number of aliphatic hydroxyl groups excluding tert-OH is 1. The number of hydrogen-bond donors (Lipinski definition) is 2. The Morgan fingerprint density at radius 3 is 2.60 bits per heavy atom. The molecule has 1 aliphatic heterocycles. The van der Waals surface area contributed by atoms with E-state index in [1.54, 1.807) is 13.8 Å². The minimum absolute atomic E-state index is 0.267. The van der Waals surface area contributed by atoms with Gasteiger partial charge in [-0.2, -0.15) is 0 Å². The van der Waals surface area contributed by atoms with E-state index in [9.17, 15) is 5.11 Å². The topological polar surface area (TPSA) is 49.7 Å². The summed E-state index contributed by atoms with van der Waals surface area (Å²) in [4.78, 5) is 0. The molecule has 0 saturated carbocycles. The van der Waals surface area contributed by atoms with Gasteiger partial charge < -0.3 is 14.9 Å². The summed E-state index contributed by atoms with van der Waals surface area (Å²) in [5.74, 6) is 0. The molecule has 1 saturated heterocycles. The Kier molecular flexibility index (Phi) is 1.99. The van der Waals surface area contributed by atoms with Crippen LogP contribution in [0.5, 0.6) is 0 Å². The maximum Gasteiger partial charge on any atom is 0.155 e. The van der Waals surface area contributed by atoms with E-state index in [1.165, 1.54) is 0 Å². The van der Waals surface area contributed by atoms with E-state index in [2.05, 4.69) is 0 Å². The highest BCUT2D eigenvalue weighted by Crippen LogP contribution is 2.26. The molecule has 0 unspecified atom stereocenters. The van der Waals surface area contributed by atoms with Gasteiger partial charge in [0.2, 0.25) is 0 Å². The zero-order valence-electron chi connectivity index (χ0n) is 6.37. The fraction of sp³-hybridized carbons (Fsp3) is 1.00. The Labute approximate surface area is 60.6 Å². The van der Waals surface area contributed by atoms with E-state index in [1.807, 2.05) is 0 Å². The first-order valence-corrected chi connectivity index (χ1v) is 3.58. The normalized spacial score (nSPS) is 49.2. The molecule has 0 amide bonds. The van der Waals surface area contributed by atoms with E-state index in [-0.39, 0.29) is 6.10 Å². The molecular weight excluding hydrogens is 132 g/mol. The third-order valence-electron chi connectivity index (χ3n) is 2.13. The van der Waals surface area contributed by atoms with E-state index in [0.717, 1.165) is 0 Å². The fourth-order valence-electron chi connectivity index (χ4n) is 1.07. The smallest absolute Gasteiger partial charge is 0.155 e. The van der Waals surface area contributed by atoms with Crippen molar-refractivity contribution in [2.24, 2.45) is 0 Å². The number of hydrogen-bond acceptors (Lipinski definition) is 3. The molecule has 1 rings (SSSR count). The minimum Gasteiger partial charge on any atom is -0.387 e. The molecule has 1 heterocycles. The number of ether oxygens (including phenoxy) is 1. The first-order chi connectivity index (χ1) is 4.52. The van der Waals surface area contributed by atoms with Gasteiger partial charge >= 0.3 is 0 Å². The molecule has 1 aliphatic rings. The summed E-state index contributed by atoms with van der Waals surface area (Å²) in [5.41, 5.74) is -0.765. The summed E-state index contributed by atoms with van der Waals surface area (Å²) in [6.45, 7) is 3.49. The second-order valence-corrected chi connectivity index (χ2v) is 3.13. The molecule has 3 heteroatoms. The van der Waals surface area contributed by atoms with E-state index < -0.39 is 11.9 Å². The highest BCUT2D eigenvalue weighted by Gasteiger charge is 2.35. The van der Waals surface area contributed by atoms with Crippen LogP contribution in [0.3, 0.4) is 0 Å². The zero-order valence-corrected chi connectivity index (χ0v) is 6.37. The van der Waals surface area contributed by atoms with Crippen LogP contribution >= 0.6 is 0 Å². The van der Waals surface area contributed by atoms with E-state index in [4.69, 9.17) is 9.84 Å². The van der Waals surface area contributed by atoms with Gasteiger partial charge in [0.05, 0.1) is 11.7 Å². The van der Waals surface area contributed by atoms with Crippen LogP contribution in [-0.2, 0) is 4.74 Å². The average molecular weight is 146 g/mol. The lowest BCUT2D eigenvalue weighted by atomic mass is 9.92. The average Bonchev–Trinajstić information content (AvgIpc) is 1.81. The SMILES string of the molecule is C[C@H]1O[C@@H](O)CC[C@]1(C)O. The van der Waals surface area contributed by atoms with Crippen molar-refractivity contribution >= 4 is 0 Å². The second-order valence-electron chi connectivity index (χ2n) is 3.13. The summed E-state index contributed by atoms with van der Waals surface area (Å²) < 4.78 is 5.01. The van der Waals surface area contributed by atoms with Crippen molar-refractivity contribution in [2.45, 2.75) is 44.7 Å². The maximum atomic E-state index is 9.52. The minimum atomic E-state index is -0.765. The van der Waals surface area contributed by atoms with Crippen molar-refractivity contribution in [1.29, 1.82) is 0 Å². The summed E-state index contributed by atoms with van der Waals surface area (Å²) in [5, 5.41) is 18.5. The summed E-state index contributed by atoms with van der Waals surface area (Å²) in [6.07, 6.45) is 0.179. The Morgan fingerprint density at radius 2 is 2.20 bits per heavy atom. The van der Waals surface area contributed by atoms with E-state index >= 15 is 0 Å². The van der Waals surface area contributed by atoms with Crippen LogP contribution in [0.2, 0.25) is 0 Å². The molecule has 60 valence electrons. The standard InChI is InChI=1S/C7H14O3/c1-5-7(2,9)4-3-6(8)10-5/h5-6,8-9H,3-4H2,1-2H3/t5-,6-,7+/m1/s1. The van der Waals surface area contributed by atoms with Crippen LogP contribution in [0, 0.1) is 0 Å². The highest BCUT2D eigenvalue weighted by molar-refractivity contribution is 4.83. The van der Waals surface area contributed by atoms with Gasteiger partial charge in [0.1, 0.15) is 0 Å². The summed E-state index contributed by atoms with van der Waals surface area (Å²) >= 11 is 0. The molecule has 1 fully saturated rings. The van der Waals surface area contributed by atoms with Gasteiger partial charge in [-0.15, -0.1) is 0 Å². The Morgan fingerprint density at radius 1 is 1.60 bits per heavy atom. The fourth-order valence-corrected chi connectivity index (χ4v) is 1.07. The van der Waals surface area contributed by atoms with Gasteiger partial charge in [0.15, 0.2) is 6.29 Å². The van der Waals surface area contributed by atoms with Crippen molar-refractivity contribution in [2.75, 3.05) is 0 Å². The molecule has 0 aliphatic carbocycles. The monoisotopic (exact) mass is 146 g/mol. The van der Waals surface area contributed by atoms with Crippen molar-refractivity contribution in [1.82, 2.24) is 0 Å². The van der Waals surface area contributed by atoms with Crippen LogP contribution < -0.4 is 0 Å². The molecular formula is C7H14O3. The van der Waals surface area contributed by atoms with Gasteiger partial charge in [0, 0.05) is 6.42 Å². The van der Waals surface area contributed by atoms with Crippen LogP contribution in [0.4, 0.5) is 0 Å². The second kappa shape index (κ2) is 2.49. The summed E-state index contributed by atoms with van der Waals surface area (Å²) in [7, 11) is 0. The lowest BCUT2D eigenvalue weighted by molar-refractivity contribution is -0.224. The van der Waals surface area contributed by atoms with Crippen LogP contribution in [-0.4, -0.2) is 28.2 Å². The predicted octanol–water partition coefficient (Wildman–Crippen LogP) is 0.255. The molecule has 2 N–H and O–H groups in total. The van der Waals surface area contributed by atoms with E-state index in [0.29, 0.717) is 12.8 Å². The Balaban J connectivity index is 2.52. The Bertz CT molecular complexity index is 122. The quantitative estimate of drug-likeness (QED) is 0.515. The van der Waals surface area contributed by atoms with Gasteiger partial charge in [-0.3, -0.25) is 0 Å². The molecule has 0 aromatic carbocycles. The van der Waals surface area contributed by atoms with Crippen molar-refractivity contribution < 1.29 is 14.9 Å². The first kappa shape index (κ1) is 7.98. The lowest BCUT2D eigenvalue weighted by Crippen LogP contribution is -2.46. The number of aliphatic hydroxyl groups is 2. The molecule has 3 atom stereocenters. The van der Waals surface area contributed by atoms with Crippen molar-refractivity contribution in [3.8, 4) is 0 Å². The van der Waals surface area contributed by atoms with Crippen LogP contribution in [0.15, 0.2) is 0 Å². The maximum absolute atomic E-state index is 9.52. The molecule has 0 aromatic rings. The Hall–Kier alpha value is -0.120. The third-order valence-corrected chi connectivity index (χ3v) is 2.13. The van der Waals surface area contributed by atoms with Gasteiger partial charge in [-0.25, -0.2) is 0 Å². The number of rotatable bonds is 0. The molecule has 0 radical (unpaired) electrons. The first-order valence-electron chi connectivity index (χ1n) is 3.58. The molecule has 0 bridgehead atoms. The summed E-state index contributed by atoms with van der Waals surface area (Å²) in [6, 6.07) is 0. The molecule has 10 heavy (non-hydrogen) atoms. The largest absolute Gasteiger partial charge is 0.387 e. The predicted molar refractivity (Wildman–Crippen MR) is 36.4 cm³/mol. The van der Waals surface area contributed by atoms with Crippen LogP contribution in [0.25, 0.3) is 0 Å². The third kappa shape index (κ3) is 1.48. The van der Waals surface area contributed by atoms with Gasteiger partial charge in [-0.1, -0.05) is 0 Å². The molecule has 0 spiro atoms. The van der Waals surface area contributed by atoms with Crippen molar-refractivity contribution in [3.05, 3.63) is 0 Å². The van der Waals surface area contributed by atoms with Crippen LogP contribution in [0.1, 0.15) is 26.7 Å². The van der Waals surface area contributed by atoms with Gasteiger partial charge in [0.25, 0.3) is 0 Å². The molecule has 0 aromatic heterocycles. The van der Waals surface area contributed by atoms with Gasteiger partial charge in [-0.05, 0) is 20.3 Å². The lowest BCUT2D eigenvalue weighted by Gasteiger charge is -2.37. The molecule has 3 nitrogen and oxygen atoms in total. The zero-order chi connectivity index (χ0) is 7.78. The van der Waals surface area contributed by atoms with Crippen molar-refractivity contribution in [3.63, 3.8) is 0 Å².